The van der Waals surface area contributed by atoms with Crippen molar-refractivity contribution in [1.82, 2.24) is 10.6 Å². The van der Waals surface area contributed by atoms with E-state index in [1.807, 2.05) is 18.2 Å². The summed E-state index contributed by atoms with van der Waals surface area (Å²) >= 11 is 1.80. The number of hydrogen-bond donors (Lipinski definition) is 3. The monoisotopic (exact) mass is 330 g/mol. The maximum absolute atomic E-state index is 4.62. The summed E-state index contributed by atoms with van der Waals surface area (Å²) in [5.74, 6) is 0.906. The van der Waals surface area contributed by atoms with Gasteiger partial charge in [0.2, 0.25) is 0 Å². The first-order valence-corrected chi connectivity index (χ1v) is 9.10. The average molecular weight is 331 g/mol. The molecule has 0 spiro atoms. The van der Waals surface area contributed by atoms with Gasteiger partial charge in [-0.05, 0) is 43.3 Å². The first-order chi connectivity index (χ1) is 11.4. The number of rotatable bonds is 9. The van der Waals surface area contributed by atoms with Gasteiger partial charge in [0.1, 0.15) is 0 Å². The molecule has 4 nitrogen and oxygen atoms in total. The van der Waals surface area contributed by atoms with Crippen molar-refractivity contribution >= 4 is 23.0 Å². The maximum Gasteiger partial charge on any atom is 0.191 e. The number of anilines is 1. The highest BCUT2D eigenvalue weighted by Gasteiger charge is 1.98. The molecule has 2 rings (SSSR count). The third kappa shape index (κ3) is 7.19. The number of guanidine groups is 1. The molecule has 23 heavy (non-hydrogen) atoms. The van der Waals surface area contributed by atoms with Gasteiger partial charge in [-0.2, -0.15) is 0 Å². The van der Waals surface area contributed by atoms with Gasteiger partial charge < -0.3 is 16.0 Å². The van der Waals surface area contributed by atoms with Crippen LogP contribution in [0, 0.1) is 0 Å². The minimum Gasteiger partial charge on any atom is -0.385 e. The molecule has 1 heterocycles. The van der Waals surface area contributed by atoms with Crippen molar-refractivity contribution in [2.75, 3.05) is 31.5 Å². The topological polar surface area (TPSA) is 48.5 Å². The summed E-state index contributed by atoms with van der Waals surface area (Å²) in [5.41, 5.74) is 1.16. The zero-order chi connectivity index (χ0) is 16.2. The van der Waals surface area contributed by atoms with Gasteiger partial charge in [0.05, 0.1) is 0 Å². The van der Waals surface area contributed by atoms with E-state index in [-0.39, 0.29) is 0 Å². The molecule has 0 bridgehead atoms. The zero-order valence-electron chi connectivity index (χ0n) is 13.7. The van der Waals surface area contributed by atoms with Gasteiger partial charge in [-0.15, -0.1) is 11.3 Å². The maximum atomic E-state index is 4.62. The van der Waals surface area contributed by atoms with Gasteiger partial charge >= 0.3 is 0 Å². The van der Waals surface area contributed by atoms with Crippen LogP contribution >= 0.6 is 11.3 Å². The highest BCUT2D eigenvalue weighted by molar-refractivity contribution is 7.09. The van der Waals surface area contributed by atoms with Crippen molar-refractivity contribution in [3.63, 3.8) is 0 Å². The van der Waals surface area contributed by atoms with E-state index in [0.29, 0.717) is 0 Å². The van der Waals surface area contributed by atoms with Crippen molar-refractivity contribution in [3.8, 4) is 0 Å². The lowest BCUT2D eigenvalue weighted by molar-refractivity contribution is 0.791. The standard InChI is InChI=1S/C18H26N4S/c1-2-19-18(22-14-11-17-10-6-15-23-17)21-13-7-12-20-16-8-4-3-5-9-16/h3-6,8-10,15,20H,2,7,11-14H2,1H3,(H2,19,21,22). The predicted molar refractivity (Wildman–Crippen MR) is 102 cm³/mol. The number of hydrogen-bond acceptors (Lipinski definition) is 3. The van der Waals surface area contributed by atoms with E-state index in [1.165, 1.54) is 4.88 Å². The molecule has 1 aromatic heterocycles. The van der Waals surface area contributed by atoms with Crippen LogP contribution in [0.3, 0.4) is 0 Å². The Hall–Kier alpha value is -2.01. The molecule has 5 heteroatoms. The number of nitrogens with zero attached hydrogens (tertiary/aromatic N) is 1. The van der Waals surface area contributed by atoms with E-state index in [1.54, 1.807) is 11.3 Å². The lowest BCUT2D eigenvalue weighted by Gasteiger charge is -2.11. The lowest BCUT2D eigenvalue weighted by Crippen LogP contribution is -2.38. The molecule has 2 aromatic rings. The first kappa shape index (κ1) is 17.3. The smallest absolute Gasteiger partial charge is 0.191 e. The largest absolute Gasteiger partial charge is 0.385 e. The van der Waals surface area contributed by atoms with Crippen LogP contribution in [0.2, 0.25) is 0 Å². The Bertz CT molecular complexity index is 552. The second-order valence-electron chi connectivity index (χ2n) is 5.16. The number of nitrogens with one attached hydrogen (secondary N) is 3. The van der Waals surface area contributed by atoms with Gasteiger partial charge in [-0.3, -0.25) is 4.99 Å². The molecular formula is C18H26N4S. The highest BCUT2D eigenvalue weighted by atomic mass is 32.1. The van der Waals surface area contributed by atoms with Crippen LogP contribution in [0.5, 0.6) is 0 Å². The summed E-state index contributed by atoms with van der Waals surface area (Å²) in [7, 11) is 0. The minimum absolute atomic E-state index is 0.814. The molecular weight excluding hydrogens is 304 g/mol. The molecule has 0 radical (unpaired) electrons. The summed E-state index contributed by atoms with van der Waals surface area (Å²) in [6, 6.07) is 14.5. The Morgan fingerprint density at radius 2 is 1.91 bits per heavy atom. The van der Waals surface area contributed by atoms with Crippen molar-refractivity contribution < 1.29 is 0 Å². The second-order valence-corrected chi connectivity index (χ2v) is 6.20. The van der Waals surface area contributed by atoms with Crippen LogP contribution in [0.4, 0.5) is 5.69 Å². The highest BCUT2D eigenvalue weighted by Crippen LogP contribution is 2.08. The zero-order valence-corrected chi connectivity index (χ0v) is 14.5. The van der Waals surface area contributed by atoms with Gasteiger partial charge in [-0.1, -0.05) is 24.3 Å². The lowest BCUT2D eigenvalue weighted by atomic mass is 10.3. The van der Waals surface area contributed by atoms with Crippen molar-refractivity contribution in [3.05, 3.63) is 52.7 Å². The molecule has 0 saturated heterocycles. The van der Waals surface area contributed by atoms with Crippen molar-refractivity contribution in [2.45, 2.75) is 19.8 Å². The SMILES string of the molecule is CCNC(=NCCCNc1ccccc1)NCCc1cccs1. The molecule has 0 aliphatic heterocycles. The molecule has 0 aliphatic carbocycles. The molecule has 0 atom stereocenters. The summed E-state index contributed by atoms with van der Waals surface area (Å²) in [6.07, 6.45) is 2.05. The number of para-hydroxylation sites is 1. The quantitative estimate of drug-likeness (QED) is 0.375. The molecule has 0 aliphatic rings. The van der Waals surface area contributed by atoms with Crippen LogP contribution < -0.4 is 16.0 Å². The Morgan fingerprint density at radius 3 is 2.65 bits per heavy atom. The summed E-state index contributed by atoms with van der Waals surface area (Å²) in [5, 5.41) is 12.2. The van der Waals surface area contributed by atoms with Crippen LogP contribution in [0.1, 0.15) is 18.2 Å². The summed E-state index contributed by atoms with van der Waals surface area (Å²) < 4.78 is 0. The van der Waals surface area contributed by atoms with Crippen LogP contribution in [0.25, 0.3) is 0 Å². The van der Waals surface area contributed by atoms with E-state index in [2.05, 4.69) is 57.5 Å². The Balaban J connectivity index is 1.64. The molecule has 0 amide bonds. The van der Waals surface area contributed by atoms with E-state index < -0.39 is 0 Å². The molecule has 0 fully saturated rings. The normalized spacial score (nSPS) is 11.3. The third-order valence-corrected chi connectivity index (χ3v) is 4.23. The molecule has 3 N–H and O–H groups in total. The fourth-order valence-electron chi connectivity index (χ4n) is 2.16. The van der Waals surface area contributed by atoms with Gasteiger partial charge in [0.25, 0.3) is 0 Å². The molecule has 1 aromatic carbocycles. The minimum atomic E-state index is 0.814. The summed E-state index contributed by atoms with van der Waals surface area (Å²) in [4.78, 5) is 6.02. The third-order valence-electron chi connectivity index (χ3n) is 3.30. The van der Waals surface area contributed by atoms with Gasteiger partial charge in [0.15, 0.2) is 5.96 Å². The van der Waals surface area contributed by atoms with Crippen LogP contribution in [-0.2, 0) is 6.42 Å². The Kier molecular flexibility index (Phi) is 8.05. The number of aliphatic imine (C=N–C) groups is 1. The average Bonchev–Trinajstić information content (AvgIpc) is 3.09. The molecule has 124 valence electrons. The first-order valence-electron chi connectivity index (χ1n) is 8.22. The van der Waals surface area contributed by atoms with Gasteiger partial charge in [0, 0.05) is 36.7 Å². The van der Waals surface area contributed by atoms with E-state index >= 15 is 0 Å². The van der Waals surface area contributed by atoms with E-state index in [4.69, 9.17) is 0 Å². The Morgan fingerprint density at radius 1 is 1.04 bits per heavy atom. The molecule has 0 saturated carbocycles. The predicted octanol–water partition coefficient (Wildman–Crippen LogP) is 3.35. The van der Waals surface area contributed by atoms with Crippen molar-refractivity contribution in [1.29, 1.82) is 0 Å². The Labute approximate surface area is 143 Å². The van der Waals surface area contributed by atoms with Gasteiger partial charge in [-0.25, -0.2) is 0 Å². The number of benzene rings is 1. The van der Waals surface area contributed by atoms with Crippen LogP contribution in [-0.4, -0.2) is 32.1 Å². The van der Waals surface area contributed by atoms with Crippen molar-refractivity contribution in [2.24, 2.45) is 4.99 Å². The van der Waals surface area contributed by atoms with E-state index in [0.717, 1.165) is 50.7 Å². The molecule has 0 unspecified atom stereocenters. The van der Waals surface area contributed by atoms with Crippen LogP contribution in [0.15, 0.2) is 52.8 Å². The van der Waals surface area contributed by atoms with E-state index in [9.17, 15) is 0 Å². The second kappa shape index (κ2) is 10.7. The summed E-state index contributed by atoms with van der Waals surface area (Å²) in [6.45, 7) is 5.63. The fraction of sp³-hybridized carbons (Fsp3) is 0.389. The fourth-order valence-corrected chi connectivity index (χ4v) is 2.87. The number of thiophene rings is 1.